The first-order valence-corrected chi connectivity index (χ1v) is 9.08. The van der Waals surface area contributed by atoms with Crippen LogP contribution in [0.5, 0.6) is 0 Å². The van der Waals surface area contributed by atoms with Gasteiger partial charge in [-0.25, -0.2) is 14.3 Å². The van der Waals surface area contributed by atoms with Gasteiger partial charge < -0.3 is 19.8 Å². The molecule has 1 atom stereocenters. The summed E-state index contributed by atoms with van der Waals surface area (Å²) < 4.78 is 11.9. The van der Waals surface area contributed by atoms with E-state index in [-0.39, 0.29) is 18.3 Å². The van der Waals surface area contributed by atoms with Crippen LogP contribution in [0, 0.1) is 13.8 Å². The van der Waals surface area contributed by atoms with E-state index in [2.05, 4.69) is 15.4 Å². The number of aromatic nitrogens is 3. The Morgan fingerprint density at radius 3 is 2.50 bits per heavy atom. The third kappa shape index (κ3) is 4.41. The minimum Gasteiger partial charge on any atom is -0.462 e. The fourth-order valence-corrected chi connectivity index (χ4v) is 2.79. The topological polar surface area (TPSA) is 115 Å². The van der Waals surface area contributed by atoms with Gasteiger partial charge in [0.25, 0.3) is 5.91 Å². The molecule has 0 spiro atoms. The van der Waals surface area contributed by atoms with Gasteiger partial charge >= 0.3 is 11.9 Å². The number of esters is 2. The van der Waals surface area contributed by atoms with Crippen molar-refractivity contribution in [3.05, 3.63) is 34.8 Å². The first-order chi connectivity index (χ1) is 13.2. The van der Waals surface area contributed by atoms with Crippen LogP contribution in [0.25, 0.3) is 0 Å². The molecule has 0 unspecified atom stereocenters. The minimum atomic E-state index is -1.04. The van der Waals surface area contributed by atoms with Gasteiger partial charge in [0.15, 0.2) is 6.10 Å². The van der Waals surface area contributed by atoms with Crippen molar-refractivity contribution in [1.29, 1.82) is 0 Å². The Bertz CT molecular complexity index is 881. The molecule has 9 nitrogen and oxygen atoms in total. The fraction of sp³-hybridized carbons (Fsp3) is 0.474. The smallest absolute Gasteiger partial charge is 0.355 e. The Hall–Kier alpha value is -3.10. The van der Waals surface area contributed by atoms with Crippen LogP contribution in [-0.2, 0) is 14.3 Å². The Balaban J connectivity index is 2.10. The van der Waals surface area contributed by atoms with Crippen molar-refractivity contribution in [3.63, 3.8) is 0 Å². The molecular weight excluding hydrogens is 364 g/mol. The van der Waals surface area contributed by atoms with E-state index in [4.69, 9.17) is 9.47 Å². The quantitative estimate of drug-likeness (QED) is 0.703. The van der Waals surface area contributed by atoms with Crippen molar-refractivity contribution in [3.8, 4) is 0 Å². The standard InChI is InChI=1S/C19H26N4O5/c1-7-27-18(25)15-11(4)16(21-12(15)5)19(26)28-13(6)17(24)22-14-8-9-20-23(14)10(2)3/h8-10,13,21H,7H2,1-6H3,(H,22,24)/t13-/m1/s1. The second-order valence-corrected chi connectivity index (χ2v) is 6.64. The van der Waals surface area contributed by atoms with E-state index in [0.717, 1.165) is 0 Å². The van der Waals surface area contributed by atoms with Gasteiger partial charge in [-0.05, 0) is 47.1 Å². The largest absolute Gasteiger partial charge is 0.462 e. The predicted molar refractivity (Wildman–Crippen MR) is 102 cm³/mol. The van der Waals surface area contributed by atoms with E-state index in [0.29, 0.717) is 22.6 Å². The normalized spacial score (nSPS) is 12.0. The number of H-pyrrole nitrogens is 1. The third-order valence-electron chi connectivity index (χ3n) is 4.18. The summed E-state index contributed by atoms with van der Waals surface area (Å²) >= 11 is 0. The number of aryl methyl sites for hydroxylation is 1. The molecule has 0 saturated carbocycles. The summed E-state index contributed by atoms with van der Waals surface area (Å²) in [6.45, 7) is 10.6. The van der Waals surface area contributed by atoms with Crippen molar-refractivity contribution in [2.45, 2.75) is 53.7 Å². The number of anilines is 1. The van der Waals surface area contributed by atoms with Crippen LogP contribution in [-0.4, -0.2) is 45.3 Å². The van der Waals surface area contributed by atoms with Gasteiger partial charge in [-0.3, -0.25) is 4.79 Å². The molecule has 0 aromatic carbocycles. The molecule has 0 radical (unpaired) electrons. The van der Waals surface area contributed by atoms with Gasteiger partial charge in [0.05, 0.1) is 18.4 Å². The SMILES string of the molecule is CCOC(=O)c1c(C)[nH]c(C(=O)O[C@H](C)C(=O)Nc2ccnn2C(C)C)c1C. The lowest BCUT2D eigenvalue weighted by atomic mass is 10.1. The lowest BCUT2D eigenvalue weighted by Gasteiger charge is -2.15. The number of hydrogen-bond acceptors (Lipinski definition) is 6. The molecule has 2 aromatic heterocycles. The number of aromatic amines is 1. The summed E-state index contributed by atoms with van der Waals surface area (Å²) in [6, 6.07) is 1.73. The van der Waals surface area contributed by atoms with E-state index in [1.165, 1.54) is 6.92 Å². The number of amides is 1. The average molecular weight is 390 g/mol. The van der Waals surface area contributed by atoms with Gasteiger partial charge in [-0.15, -0.1) is 0 Å². The molecule has 152 valence electrons. The molecule has 28 heavy (non-hydrogen) atoms. The number of hydrogen-bond donors (Lipinski definition) is 2. The fourth-order valence-electron chi connectivity index (χ4n) is 2.79. The van der Waals surface area contributed by atoms with Crippen LogP contribution in [0.4, 0.5) is 5.82 Å². The zero-order chi connectivity index (χ0) is 21.0. The number of carbonyl (C=O) groups excluding carboxylic acids is 3. The number of carbonyl (C=O) groups is 3. The molecule has 0 aliphatic heterocycles. The molecule has 2 N–H and O–H groups in total. The Labute approximate surface area is 163 Å². The van der Waals surface area contributed by atoms with Gasteiger partial charge in [-0.1, -0.05) is 0 Å². The predicted octanol–water partition coefficient (Wildman–Crippen LogP) is 2.77. The lowest BCUT2D eigenvalue weighted by molar-refractivity contribution is -0.123. The second kappa shape index (κ2) is 8.73. The summed E-state index contributed by atoms with van der Waals surface area (Å²) in [5.41, 5.74) is 1.34. The van der Waals surface area contributed by atoms with Crippen LogP contribution < -0.4 is 5.32 Å². The average Bonchev–Trinajstić information content (AvgIpc) is 3.19. The third-order valence-corrected chi connectivity index (χ3v) is 4.18. The summed E-state index contributed by atoms with van der Waals surface area (Å²) in [5.74, 6) is -1.21. The van der Waals surface area contributed by atoms with E-state index in [9.17, 15) is 14.4 Å². The van der Waals surface area contributed by atoms with Crippen LogP contribution in [0.2, 0.25) is 0 Å². The van der Waals surface area contributed by atoms with Crippen molar-refractivity contribution in [1.82, 2.24) is 14.8 Å². The molecule has 2 aromatic rings. The first-order valence-electron chi connectivity index (χ1n) is 9.08. The Morgan fingerprint density at radius 1 is 1.21 bits per heavy atom. The molecule has 2 rings (SSSR count). The molecule has 0 fully saturated rings. The highest BCUT2D eigenvalue weighted by atomic mass is 16.5. The molecule has 9 heteroatoms. The number of nitrogens with zero attached hydrogens (tertiary/aromatic N) is 2. The van der Waals surface area contributed by atoms with E-state index < -0.39 is 23.9 Å². The Morgan fingerprint density at radius 2 is 1.89 bits per heavy atom. The Kier molecular flexibility index (Phi) is 6.61. The number of nitrogens with one attached hydrogen (secondary N) is 2. The highest BCUT2D eigenvalue weighted by Crippen LogP contribution is 2.20. The zero-order valence-electron chi connectivity index (χ0n) is 17.0. The molecule has 0 saturated heterocycles. The van der Waals surface area contributed by atoms with Crippen LogP contribution in [0.15, 0.2) is 12.3 Å². The maximum Gasteiger partial charge on any atom is 0.355 e. The van der Waals surface area contributed by atoms with Crippen LogP contribution >= 0.6 is 0 Å². The van der Waals surface area contributed by atoms with Crippen molar-refractivity contribution >= 4 is 23.7 Å². The molecule has 1 amide bonds. The molecule has 0 bridgehead atoms. The first kappa shape index (κ1) is 21.2. The summed E-state index contributed by atoms with van der Waals surface area (Å²) in [6.07, 6.45) is 0.533. The van der Waals surface area contributed by atoms with Crippen molar-refractivity contribution in [2.24, 2.45) is 0 Å². The van der Waals surface area contributed by atoms with Crippen molar-refractivity contribution < 1.29 is 23.9 Å². The van der Waals surface area contributed by atoms with E-state index in [1.807, 2.05) is 13.8 Å². The van der Waals surface area contributed by atoms with Gasteiger partial charge in [0.2, 0.25) is 0 Å². The number of rotatable bonds is 7. The maximum absolute atomic E-state index is 12.5. The molecule has 0 aliphatic rings. The van der Waals surface area contributed by atoms with Gasteiger partial charge in [0.1, 0.15) is 11.5 Å². The van der Waals surface area contributed by atoms with Gasteiger partial charge in [0, 0.05) is 17.8 Å². The molecule has 0 aliphatic carbocycles. The van der Waals surface area contributed by atoms with E-state index >= 15 is 0 Å². The van der Waals surface area contributed by atoms with Crippen molar-refractivity contribution in [2.75, 3.05) is 11.9 Å². The zero-order valence-corrected chi connectivity index (χ0v) is 17.0. The monoisotopic (exact) mass is 390 g/mol. The lowest BCUT2D eigenvalue weighted by Crippen LogP contribution is -2.31. The van der Waals surface area contributed by atoms with Crippen LogP contribution in [0.3, 0.4) is 0 Å². The van der Waals surface area contributed by atoms with E-state index in [1.54, 1.807) is 37.7 Å². The minimum absolute atomic E-state index is 0.0639. The summed E-state index contributed by atoms with van der Waals surface area (Å²) in [4.78, 5) is 39.8. The number of ether oxygens (including phenoxy) is 2. The van der Waals surface area contributed by atoms with Gasteiger partial charge in [-0.2, -0.15) is 5.10 Å². The maximum atomic E-state index is 12.5. The highest BCUT2D eigenvalue weighted by molar-refractivity contribution is 6.00. The second-order valence-electron chi connectivity index (χ2n) is 6.64. The molecular formula is C19H26N4O5. The highest BCUT2D eigenvalue weighted by Gasteiger charge is 2.26. The summed E-state index contributed by atoms with van der Waals surface area (Å²) in [7, 11) is 0. The summed E-state index contributed by atoms with van der Waals surface area (Å²) in [5, 5.41) is 6.83. The molecule has 2 heterocycles. The van der Waals surface area contributed by atoms with Crippen LogP contribution in [0.1, 0.15) is 65.8 Å².